The third kappa shape index (κ3) is 6.43. The summed E-state index contributed by atoms with van der Waals surface area (Å²) in [5, 5.41) is 2.98. The lowest BCUT2D eigenvalue weighted by atomic mass is 9.82. The average Bonchev–Trinajstić information content (AvgIpc) is 3.04. The SMILES string of the molecule is O=C1NCCOCCCN(C(=O)CCC(=O)N2CCCCCC2)[C@H]2CCCC[C@@H]12. The van der Waals surface area contributed by atoms with Crippen LogP contribution in [0.15, 0.2) is 0 Å². The van der Waals surface area contributed by atoms with Crippen LogP contribution < -0.4 is 5.32 Å². The highest BCUT2D eigenvalue weighted by atomic mass is 16.5. The summed E-state index contributed by atoms with van der Waals surface area (Å²) in [4.78, 5) is 42.3. The second-order valence-corrected chi connectivity index (χ2v) is 8.60. The van der Waals surface area contributed by atoms with Gasteiger partial charge in [0.05, 0.1) is 12.5 Å². The number of rotatable bonds is 3. The predicted molar refractivity (Wildman–Crippen MR) is 110 cm³/mol. The zero-order chi connectivity index (χ0) is 20.5. The van der Waals surface area contributed by atoms with Gasteiger partial charge in [0.15, 0.2) is 0 Å². The summed E-state index contributed by atoms with van der Waals surface area (Å²) in [5.74, 6) is 0.00209. The van der Waals surface area contributed by atoms with Gasteiger partial charge in [-0.05, 0) is 32.1 Å². The number of carbonyl (C=O) groups excluding carboxylic acids is 3. The highest BCUT2D eigenvalue weighted by molar-refractivity contribution is 5.85. The smallest absolute Gasteiger partial charge is 0.225 e. The maximum Gasteiger partial charge on any atom is 0.225 e. The van der Waals surface area contributed by atoms with Crippen LogP contribution in [-0.4, -0.2) is 73.0 Å². The molecule has 0 aromatic heterocycles. The van der Waals surface area contributed by atoms with Crippen molar-refractivity contribution in [2.24, 2.45) is 5.92 Å². The Kier molecular flexibility index (Phi) is 8.77. The zero-order valence-electron chi connectivity index (χ0n) is 17.7. The number of nitrogens with zero attached hydrogens (tertiary/aromatic N) is 2. The minimum Gasteiger partial charge on any atom is -0.380 e. The molecule has 0 bridgehead atoms. The Morgan fingerprint density at radius 3 is 2.38 bits per heavy atom. The highest BCUT2D eigenvalue weighted by Gasteiger charge is 2.37. The molecular formula is C22H37N3O4. The van der Waals surface area contributed by atoms with Crippen LogP contribution in [-0.2, 0) is 19.1 Å². The van der Waals surface area contributed by atoms with Gasteiger partial charge in [0.1, 0.15) is 0 Å². The fraction of sp³-hybridized carbons (Fsp3) is 0.864. The predicted octanol–water partition coefficient (Wildman–Crippen LogP) is 2.09. The molecule has 7 nitrogen and oxygen atoms in total. The van der Waals surface area contributed by atoms with Crippen LogP contribution in [0, 0.1) is 5.92 Å². The third-order valence-electron chi connectivity index (χ3n) is 6.53. The molecule has 29 heavy (non-hydrogen) atoms. The molecule has 0 aromatic rings. The van der Waals surface area contributed by atoms with Crippen LogP contribution in [0.25, 0.3) is 0 Å². The van der Waals surface area contributed by atoms with Gasteiger partial charge in [0, 0.05) is 51.7 Å². The average molecular weight is 408 g/mol. The fourth-order valence-corrected chi connectivity index (χ4v) is 4.92. The molecule has 1 saturated carbocycles. The lowest BCUT2D eigenvalue weighted by Crippen LogP contribution is -2.51. The minimum absolute atomic E-state index is 0.0112. The van der Waals surface area contributed by atoms with Crippen molar-refractivity contribution in [3.8, 4) is 0 Å². The van der Waals surface area contributed by atoms with Crippen molar-refractivity contribution in [3.63, 3.8) is 0 Å². The van der Waals surface area contributed by atoms with E-state index in [0.29, 0.717) is 26.3 Å². The molecule has 3 fully saturated rings. The Hall–Kier alpha value is -1.63. The summed E-state index contributed by atoms with van der Waals surface area (Å²) in [5.41, 5.74) is 0. The third-order valence-corrected chi connectivity index (χ3v) is 6.53. The summed E-state index contributed by atoms with van der Waals surface area (Å²) < 4.78 is 5.57. The van der Waals surface area contributed by atoms with E-state index in [1.165, 1.54) is 12.8 Å². The van der Waals surface area contributed by atoms with Gasteiger partial charge in [-0.1, -0.05) is 25.7 Å². The summed E-state index contributed by atoms with van der Waals surface area (Å²) >= 11 is 0. The van der Waals surface area contributed by atoms with E-state index in [0.717, 1.165) is 58.0 Å². The van der Waals surface area contributed by atoms with E-state index in [1.54, 1.807) is 0 Å². The van der Waals surface area contributed by atoms with Crippen LogP contribution in [0.2, 0.25) is 0 Å². The zero-order valence-corrected chi connectivity index (χ0v) is 17.7. The van der Waals surface area contributed by atoms with Gasteiger partial charge >= 0.3 is 0 Å². The second-order valence-electron chi connectivity index (χ2n) is 8.60. The van der Waals surface area contributed by atoms with Gasteiger partial charge < -0.3 is 19.9 Å². The van der Waals surface area contributed by atoms with Crippen molar-refractivity contribution in [1.82, 2.24) is 15.1 Å². The molecule has 3 rings (SSSR count). The van der Waals surface area contributed by atoms with Crippen molar-refractivity contribution in [2.75, 3.05) is 39.4 Å². The molecule has 3 amide bonds. The topological polar surface area (TPSA) is 79.0 Å². The number of fused-ring (bicyclic) bond motifs is 1. The number of hydrogen-bond donors (Lipinski definition) is 1. The second kappa shape index (κ2) is 11.5. The van der Waals surface area contributed by atoms with Gasteiger partial charge in [-0.25, -0.2) is 0 Å². The first-order valence-corrected chi connectivity index (χ1v) is 11.6. The largest absolute Gasteiger partial charge is 0.380 e. The lowest BCUT2D eigenvalue weighted by Gasteiger charge is -2.39. The Morgan fingerprint density at radius 1 is 0.862 bits per heavy atom. The molecule has 2 atom stereocenters. The van der Waals surface area contributed by atoms with Crippen molar-refractivity contribution < 1.29 is 19.1 Å². The highest BCUT2D eigenvalue weighted by Crippen LogP contribution is 2.30. The van der Waals surface area contributed by atoms with Gasteiger partial charge in [-0.3, -0.25) is 14.4 Å². The van der Waals surface area contributed by atoms with Crippen LogP contribution in [0.4, 0.5) is 0 Å². The van der Waals surface area contributed by atoms with Gasteiger partial charge in [-0.2, -0.15) is 0 Å². The molecule has 1 aliphatic carbocycles. The Labute approximate surface area is 174 Å². The fourth-order valence-electron chi connectivity index (χ4n) is 4.92. The summed E-state index contributed by atoms with van der Waals surface area (Å²) in [7, 11) is 0. The quantitative estimate of drug-likeness (QED) is 0.777. The van der Waals surface area contributed by atoms with Crippen molar-refractivity contribution in [1.29, 1.82) is 0 Å². The Bertz CT molecular complexity index is 560. The molecule has 1 N–H and O–H groups in total. The number of amides is 3. The monoisotopic (exact) mass is 407 g/mol. The van der Waals surface area contributed by atoms with E-state index in [4.69, 9.17) is 4.74 Å². The van der Waals surface area contributed by atoms with Crippen LogP contribution in [0.5, 0.6) is 0 Å². The minimum atomic E-state index is -0.146. The Morgan fingerprint density at radius 2 is 1.59 bits per heavy atom. The molecule has 2 aliphatic heterocycles. The summed E-state index contributed by atoms with van der Waals surface area (Å²) in [6.07, 6.45) is 9.53. The normalized spacial score (nSPS) is 27.2. The number of hydrogen-bond acceptors (Lipinski definition) is 4. The molecule has 3 aliphatic rings. The van der Waals surface area contributed by atoms with Crippen molar-refractivity contribution >= 4 is 17.7 Å². The number of likely N-dealkylation sites (tertiary alicyclic amines) is 1. The first-order chi connectivity index (χ1) is 14.2. The van der Waals surface area contributed by atoms with Crippen LogP contribution >= 0.6 is 0 Å². The van der Waals surface area contributed by atoms with E-state index in [2.05, 4.69) is 5.32 Å². The van der Waals surface area contributed by atoms with Crippen LogP contribution in [0.1, 0.15) is 70.6 Å². The number of ether oxygens (including phenoxy) is 1. The molecule has 0 radical (unpaired) electrons. The molecule has 2 saturated heterocycles. The first kappa shape index (κ1) is 22.1. The van der Waals surface area contributed by atoms with E-state index >= 15 is 0 Å². The molecule has 0 spiro atoms. The molecular weight excluding hydrogens is 370 g/mol. The van der Waals surface area contributed by atoms with Crippen molar-refractivity contribution in [3.05, 3.63) is 0 Å². The van der Waals surface area contributed by atoms with E-state index in [1.807, 2.05) is 9.80 Å². The van der Waals surface area contributed by atoms with Crippen LogP contribution in [0.3, 0.4) is 0 Å². The number of carbonyl (C=O) groups is 3. The maximum absolute atomic E-state index is 13.1. The number of nitrogens with one attached hydrogen (secondary N) is 1. The summed E-state index contributed by atoms with van der Waals surface area (Å²) in [6.45, 7) is 3.87. The molecule has 0 aromatic carbocycles. The van der Waals surface area contributed by atoms with Gasteiger partial charge in [-0.15, -0.1) is 0 Å². The van der Waals surface area contributed by atoms with E-state index in [9.17, 15) is 14.4 Å². The first-order valence-electron chi connectivity index (χ1n) is 11.6. The molecule has 2 heterocycles. The molecule has 7 heteroatoms. The lowest BCUT2D eigenvalue weighted by molar-refractivity contribution is -0.141. The van der Waals surface area contributed by atoms with E-state index in [-0.39, 0.29) is 42.5 Å². The van der Waals surface area contributed by atoms with Gasteiger partial charge in [0.2, 0.25) is 17.7 Å². The van der Waals surface area contributed by atoms with Crippen molar-refractivity contribution in [2.45, 2.75) is 76.7 Å². The standard InChI is InChI=1S/C22H37N3O4/c26-20(24-13-5-1-2-6-14-24)10-11-21(27)25-15-7-16-29-17-12-23-22(28)18-8-3-4-9-19(18)25/h18-19H,1-17H2,(H,23,28)/t18-,19+/m1/s1. The van der Waals surface area contributed by atoms with Gasteiger partial charge in [0.25, 0.3) is 0 Å². The molecule has 0 unspecified atom stereocenters. The van der Waals surface area contributed by atoms with E-state index < -0.39 is 0 Å². The molecule has 164 valence electrons. The summed E-state index contributed by atoms with van der Waals surface area (Å²) in [6, 6.07) is -0.0531. The maximum atomic E-state index is 13.1. The Balaban J connectivity index is 1.62.